The Morgan fingerprint density at radius 2 is 2.12 bits per heavy atom. The Morgan fingerprint density at radius 3 is 2.94 bits per heavy atom. The Bertz CT molecular complexity index is 618. The van der Waals surface area contributed by atoms with Gasteiger partial charge in [0.25, 0.3) is 0 Å². The molecule has 3 nitrogen and oxygen atoms in total. The van der Waals surface area contributed by atoms with Crippen LogP contribution in [0, 0.1) is 0 Å². The number of anilines is 2. The van der Waals surface area contributed by atoms with E-state index in [1.54, 1.807) is 22.7 Å². The molecule has 3 rings (SSSR count). The number of aromatic nitrogens is 2. The fourth-order valence-electron chi connectivity index (χ4n) is 1.40. The number of thiophene rings is 2. The summed E-state index contributed by atoms with van der Waals surface area (Å²) in [5, 5.41) is 10.5. The van der Waals surface area contributed by atoms with E-state index in [0.717, 1.165) is 21.7 Å². The summed E-state index contributed by atoms with van der Waals surface area (Å²) in [5.41, 5.74) is 1.02. The summed E-state index contributed by atoms with van der Waals surface area (Å²) in [6.45, 7) is 0. The summed E-state index contributed by atoms with van der Waals surface area (Å²) in [5.74, 6) is 0.759. The molecule has 3 heterocycles. The molecule has 0 unspecified atom stereocenters. The molecular weight excluding hydrogens is 262 g/mol. The van der Waals surface area contributed by atoms with Crippen molar-refractivity contribution < 1.29 is 0 Å². The van der Waals surface area contributed by atoms with Crippen molar-refractivity contribution >= 4 is 56.0 Å². The largest absolute Gasteiger partial charge is 0.339 e. The molecule has 3 aromatic rings. The van der Waals surface area contributed by atoms with Gasteiger partial charge in [-0.3, -0.25) is 0 Å². The van der Waals surface area contributed by atoms with E-state index in [0.29, 0.717) is 0 Å². The number of halogens is 1. The molecular formula is C10H6ClN3S2. The first-order chi connectivity index (χ1) is 7.83. The summed E-state index contributed by atoms with van der Waals surface area (Å²) in [6, 6.07) is 3.99. The van der Waals surface area contributed by atoms with Crippen LogP contribution in [0.3, 0.4) is 0 Å². The normalized spacial score (nSPS) is 10.8. The molecule has 16 heavy (non-hydrogen) atoms. The minimum Gasteiger partial charge on any atom is -0.339 e. The van der Waals surface area contributed by atoms with Crippen molar-refractivity contribution in [1.29, 1.82) is 0 Å². The topological polar surface area (TPSA) is 37.8 Å². The van der Waals surface area contributed by atoms with Gasteiger partial charge >= 0.3 is 0 Å². The van der Waals surface area contributed by atoms with Gasteiger partial charge in [-0.25, -0.2) is 4.98 Å². The molecule has 0 saturated carbocycles. The van der Waals surface area contributed by atoms with E-state index in [4.69, 9.17) is 11.6 Å². The number of fused-ring (bicyclic) bond motifs is 1. The second-order valence-corrected chi connectivity index (χ2v) is 5.13. The number of nitrogens with one attached hydrogen (secondary N) is 1. The van der Waals surface area contributed by atoms with Gasteiger partial charge in [0.1, 0.15) is 10.6 Å². The van der Waals surface area contributed by atoms with E-state index in [-0.39, 0.29) is 5.28 Å². The highest BCUT2D eigenvalue weighted by Crippen LogP contribution is 2.29. The zero-order valence-corrected chi connectivity index (χ0v) is 10.4. The minimum atomic E-state index is 0.271. The fraction of sp³-hybridized carbons (Fsp3) is 0. The third kappa shape index (κ3) is 1.77. The quantitative estimate of drug-likeness (QED) is 0.709. The molecule has 0 aliphatic carbocycles. The van der Waals surface area contributed by atoms with E-state index < -0.39 is 0 Å². The third-order valence-corrected chi connectivity index (χ3v) is 3.74. The Kier molecular flexibility index (Phi) is 2.51. The smallest absolute Gasteiger partial charge is 0.225 e. The second-order valence-electron chi connectivity index (χ2n) is 3.12. The van der Waals surface area contributed by atoms with Crippen molar-refractivity contribution in [1.82, 2.24) is 9.97 Å². The van der Waals surface area contributed by atoms with Crippen LogP contribution in [-0.4, -0.2) is 9.97 Å². The van der Waals surface area contributed by atoms with Crippen molar-refractivity contribution in [3.05, 3.63) is 33.6 Å². The van der Waals surface area contributed by atoms with Gasteiger partial charge in [0.05, 0.1) is 11.1 Å². The molecule has 0 amide bonds. The molecule has 0 atom stereocenters. The van der Waals surface area contributed by atoms with Gasteiger partial charge in [-0.1, -0.05) is 0 Å². The highest BCUT2D eigenvalue weighted by molar-refractivity contribution is 7.16. The monoisotopic (exact) mass is 267 g/mol. The number of hydrogen-bond acceptors (Lipinski definition) is 5. The molecule has 0 aliphatic rings. The molecule has 0 aliphatic heterocycles. The molecule has 80 valence electrons. The average Bonchev–Trinajstić information content (AvgIpc) is 2.87. The maximum absolute atomic E-state index is 5.87. The van der Waals surface area contributed by atoms with Crippen LogP contribution in [-0.2, 0) is 0 Å². The van der Waals surface area contributed by atoms with Gasteiger partial charge in [-0.15, -0.1) is 11.3 Å². The van der Waals surface area contributed by atoms with Crippen LogP contribution < -0.4 is 5.32 Å². The maximum atomic E-state index is 5.87. The predicted octanol–water partition coefficient (Wildman–Crippen LogP) is 4.15. The zero-order chi connectivity index (χ0) is 11.0. The van der Waals surface area contributed by atoms with Crippen LogP contribution in [0.1, 0.15) is 0 Å². The minimum absolute atomic E-state index is 0.271. The summed E-state index contributed by atoms with van der Waals surface area (Å²) < 4.78 is 0. The predicted molar refractivity (Wildman–Crippen MR) is 70.0 cm³/mol. The highest BCUT2D eigenvalue weighted by Gasteiger charge is 2.07. The van der Waals surface area contributed by atoms with Crippen molar-refractivity contribution in [3.8, 4) is 0 Å². The van der Waals surface area contributed by atoms with Crippen LogP contribution in [0.5, 0.6) is 0 Å². The Morgan fingerprint density at radius 1 is 1.19 bits per heavy atom. The molecule has 0 bridgehead atoms. The number of rotatable bonds is 2. The van der Waals surface area contributed by atoms with Gasteiger partial charge in [0.15, 0.2) is 0 Å². The Balaban J connectivity index is 2.11. The molecule has 0 aromatic carbocycles. The van der Waals surface area contributed by atoms with Gasteiger partial charge in [-0.05, 0) is 34.5 Å². The SMILES string of the molecule is Clc1nc(Nc2ccsc2)c2ccsc2n1. The third-order valence-electron chi connectivity index (χ3n) is 2.08. The maximum Gasteiger partial charge on any atom is 0.225 e. The fourth-order valence-corrected chi connectivity index (χ4v) is 2.97. The van der Waals surface area contributed by atoms with Crippen molar-refractivity contribution in [2.24, 2.45) is 0 Å². The average molecular weight is 268 g/mol. The molecule has 0 spiro atoms. The van der Waals surface area contributed by atoms with Crippen LogP contribution in [0.4, 0.5) is 11.5 Å². The van der Waals surface area contributed by atoms with Gasteiger partial charge in [-0.2, -0.15) is 16.3 Å². The lowest BCUT2D eigenvalue weighted by Gasteiger charge is -2.04. The van der Waals surface area contributed by atoms with E-state index in [1.165, 1.54) is 0 Å². The first kappa shape index (κ1) is 10.0. The van der Waals surface area contributed by atoms with Crippen molar-refractivity contribution in [2.75, 3.05) is 5.32 Å². The first-order valence-electron chi connectivity index (χ1n) is 4.53. The molecule has 1 N–H and O–H groups in total. The lowest BCUT2D eigenvalue weighted by atomic mass is 10.3. The van der Waals surface area contributed by atoms with Gasteiger partial charge in [0, 0.05) is 5.38 Å². The Hall–Kier alpha value is -1.17. The molecule has 0 fully saturated rings. The lowest BCUT2D eigenvalue weighted by Crippen LogP contribution is -1.94. The van der Waals surface area contributed by atoms with Crippen LogP contribution in [0.25, 0.3) is 10.2 Å². The molecule has 3 aromatic heterocycles. The summed E-state index contributed by atoms with van der Waals surface area (Å²) in [6.07, 6.45) is 0. The van der Waals surface area contributed by atoms with E-state index in [1.807, 2.05) is 28.3 Å². The first-order valence-corrected chi connectivity index (χ1v) is 6.73. The van der Waals surface area contributed by atoms with Crippen LogP contribution in [0.15, 0.2) is 28.3 Å². The lowest BCUT2D eigenvalue weighted by molar-refractivity contribution is 1.23. The van der Waals surface area contributed by atoms with E-state index in [2.05, 4.69) is 15.3 Å². The highest BCUT2D eigenvalue weighted by atomic mass is 35.5. The van der Waals surface area contributed by atoms with Crippen LogP contribution >= 0.6 is 34.3 Å². The van der Waals surface area contributed by atoms with Gasteiger partial charge < -0.3 is 5.32 Å². The van der Waals surface area contributed by atoms with Crippen LogP contribution in [0.2, 0.25) is 5.28 Å². The Labute approximate surface area is 105 Å². The standard InChI is InChI=1S/C10H6ClN3S2/c11-10-13-8(12-6-1-3-15-5-6)7-2-4-16-9(7)14-10/h1-5H,(H,12,13,14). The second kappa shape index (κ2) is 4.01. The summed E-state index contributed by atoms with van der Waals surface area (Å²) >= 11 is 9.06. The summed E-state index contributed by atoms with van der Waals surface area (Å²) in [7, 11) is 0. The summed E-state index contributed by atoms with van der Waals surface area (Å²) in [4.78, 5) is 9.26. The number of hydrogen-bond donors (Lipinski definition) is 1. The molecule has 6 heteroatoms. The van der Waals surface area contributed by atoms with Crippen molar-refractivity contribution in [2.45, 2.75) is 0 Å². The van der Waals surface area contributed by atoms with E-state index >= 15 is 0 Å². The molecule has 0 saturated heterocycles. The zero-order valence-electron chi connectivity index (χ0n) is 7.98. The number of nitrogens with zero attached hydrogens (tertiary/aromatic N) is 2. The van der Waals surface area contributed by atoms with E-state index in [9.17, 15) is 0 Å². The van der Waals surface area contributed by atoms with Gasteiger partial charge in [0.2, 0.25) is 5.28 Å². The molecule has 0 radical (unpaired) electrons. The van der Waals surface area contributed by atoms with Crippen molar-refractivity contribution in [3.63, 3.8) is 0 Å².